The second-order valence-corrected chi connectivity index (χ2v) is 10.4. The number of hydrogen-bond acceptors (Lipinski definition) is 7. The van der Waals surface area contributed by atoms with Crippen molar-refractivity contribution in [2.24, 2.45) is 0 Å². The Bertz CT molecular complexity index is 972. The average molecular weight is 451 g/mol. The first kappa shape index (κ1) is 22.4. The molecule has 7 nitrogen and oxygen atoms in total. The third-order valence-corrected chi connectivity index (χ3v) is 7.67. The largest absolute Gasteiger partial charge is 0.455 e. The zero-order valence-corrected chi connectivity index (χ0v) is 18.6. The number of thiazole rings is 1. The smallest absolute Gasteiger partial charge is 0.312 e. The number of rotatable bonds is 9. The molecule has 3 rings (SSSR count). The third-order valence-electron chi connectivity index (χ3n) is 4.98. The summed E-state index contributed by atoms with van der Waals surface area (Å²) in [6, 6.07) is 9.35. The van der Waals surface area contributed by atoms with Crippen molar-refractivity contribution in [2.45, 2.75) is 38.6 Å². The summed E-state index contributed by atoms with van der Waals surface area (Å²) in [5, 5.41) is 2.63. The maximum atomic E-state index is 12.6. The summed E-state index contributed by atoms with van der Waals surface area (Å²) in [4.78, 5) is 30.9. The van der Waals surface area contributed by atoms with Gasteiger partial charge in [-0.25, -0.2) is 13.4 Å². The van der Waals surface area contributed by atoms with E-state index >= 15 is 0 Å². The van der Waals surface area contributed by atoms with Crippen molar-refractivity contribution in [3.05, 3.63) is 41.4 Å². The zero-order valence-electron chi connectivity index (χ0n) is 17.0. The number of aromatic nitrogens is 1. The molecule has 1 fully saturated rings. The molecule has 9 heteroatoms. The molecule has 0 radical (unpaired) electrons. The molecule has 162 valence electrons. The number of nitrogens with zero attached hydrogens (tertiary/aromatic N) is 2. The Kier molecular flexibility index (Phi) is 7.60. The molecular formula is C21H26N2O5S2. The molecule has 1 aliphatic rings. The van der Waals surface area contributed by atoms with Gasteiger partial charge < -0.3 is 9.64 Å². The lowest BCUT2D eigenvalue weighted by molar-refractivity contribution is -0.152. The molecule has 0 spiro atoms. The number of benzene rings is 1. The number of carbonyl (C=O) groups excluding carboxylic acids is 2. The summed E-state index contributed by atoms with van der Waals surface area (Å²) < 4.78 is 28.8. The van der Waals surface area contributed by atoms with Crippen LogP contribution in [0, 0.1) is 0 Å². The van der Waals surface area contributed by atoms with Gasteiger partial charge in [-0.1, -0.05) is 43.7 Å². The van der Waals surface area contributed by atoms with E-state index in [1.54, 1.807) is 4.90 Å². The highest BCUT2D eigenvalue weighted by atomic mass is 32.2. The summed E-state index contributed by atoms with van der Waals surface area (Å²) in [5.74, 6) is -0.789. The van der Waals surface area contributed by atoms with Crippen molar-refractivity contribution < 1.29 is 22.7 Å². The lowest BCUT2D eigenvalue weighted by Crippen LogP contribution is -2.44. The van der Waals surface area contributed by atoms with Crippen molar-refractivity contribution in [1.82, 2.24) is 9.88 Å². The first-order valence-electron chi connectivity index (χ1n) is 10.0. The van der Waals surface area contributed by atoms with Crippen LogP contribution in [-0.4, -0.2) is 60.9 Å². The minimum atomic E-state index is -3.10. The topological polar surface area (TPSA) is 93.6 Å². The van der Waals surface area contributed by atoms with Crippen molar-refractivity contribution in [1.29, 1.82) is 0 Å². The fourth-order valence-corrected chi connectivity index (χ4v) is 5.94. The molecule has 0 N–H and O–H groups in total. The Balaban J connectivity index is 1.53. The van der Waals surface area contributed by atoms with E-state index in [1.807, 2.05) is 42.6 Å². The molecule has 0 bridgehead atoms. The fraction of sp³-hybridized carbons (Fsp3) is 0.476. The molecular weight excluding hydrogens is 424 g/mol. The van der Waals surface area contributed by atoms with Crippen LogP contribution >= 0.6 is 11.3 Å². The Labute approximate surface area is 181 Å². The van der Waals surface area contributed by atoms with Crippen LogP contribution in [-0.2, 0) is 30.6 Å². The summed E-state index contributed by atoms with van der Waals surface area (Å²) in [7, 11) is -3.10. The van der Waals surface area contributed by atoms with E-state index in [-0.39, 0.29) is 36.5 Å². The molecule has 1 saturated heterocycles. The minimum Gasteiger partial charge on any atom is -0.455 e. The molecule has 0 saturated carbocycles. The highest BCUT2D eigenvalue weighted by Crippen LogP contribution is 2.23. The third kappa shape index (κ3) is 6.12. The number of sulfone groups is 1. The lowest BCUT2D eigenvalue weighted by atomic mass is 10.2. The molecule has 0 aliphatic carbocycles. The summed E-state index contributed by atoms with van der Waals surface area (Å²) >= 11 is 1.45. The monoisotopic (exact) mass is 450 g/mol. The van der Waals surface area contributed by atoms with E-state index in [2.05, 4.69) is 4.98 Å². The van der Waals surface area contributed by atoms with Gasteiger partial charge in [0.1, 0.15) is 5.01 Å². The van der Waals surface area contributed by atoms with Crippen LogP contribution in [0.25, 0.3) is 10.6 Å². The standard InChI is InChI=1S/C21H26N2O5S2/c1-2-3-10-23(18-9-11-30(26,27)15-18)19(24)13-28-20(25)12-17-14-29-21(22-17)16-7-5-4-6-8-16/h4-8,14,18H,2-3,9-13,15H2,1H3. The van der Waals surface area contributed by atoms with Gasteiger partial charge in [-0.05, 0) is 12.8 Å². The predicted octanol–water partition coefficient (Wildman–Crippen LogP) is 2.71. The number of unbranched alkanes of at least 4 members (excludes halogenated alkanes) is 1. The first-order chi connectivity index (χ1) is 14.4. The molecule has 2 heterocycles. The quantitative estimate of drug-likeness (QED) is 0.545. The molecule has 1 aliphatic heterocycles. The summed E-state index contributed by atoms with van der Waals surface area (Å²) in [5.41, 5.74) is 1.58. The SMILES string of the molecule is CCCCN(C(=O)COC(=O)Cc1csc(-c2ccccc2)n1)C1CCS(=O)(=O)C1. The molecule has 1 aromatic heterocycles. The maximum absolute atomic E-state index is 12.6. The van der Waals surface area contributed by atoms with Crippen LogP contribution < -0.4 is 0 Å². The van der Waals surface area contributed by atoms with Crippen molar-refractivity contribution >= 4 is 33.1 Å². The fourth-order valence-electron chi connectivity index (χ4n) is 3.39. The van der Waals surface area contributed by atoms with Gasteiger partial charge >= 0.3 is 5.97 Å². The van der Waals surface area contributed by atoms with Gasteiger partial charge in [-0.15, -0.1) is 11.3 Å². The van der Waals surface area contributed by atoms with Gasteiger partial charge in [0, 0.05) is 23.5 Å². The minimum absolute atomic E-state index is 0.0105. The van der Waals surface area contributed by atoms with E-state index < -0.39 is 15.8 Å². The van der Waals surface area contributed by atoms with E-state index in [9.17, 15) is 18.0 Å². The number of esters is 1. The van der Waals surface area contributed by atoms with E-state index in [0.29, 0.717) is 18.7 Å². The summed E-state index contributed by atoms with van der Waals surface area (Å²) in [6.45, 7) is 2.10. The maximum Gasteiger partial charge on any atom is 0.312 e. The van der Waals surface area contributed by atoms with Crippen LogP contribution in [0.15, 0.2) is 35.7 Å². The van der Waals surface area contributed by atoms with E-state index in [0.717, 1.165) is 23.4 Å². The second-order valence-electron chi connectivity index (χ2n) is 7.35. The van der Waals surface area contributed by atoms with Crippen LogP contribution in [0.1, 0.15) is 31.9 Å². The average Bonchev–Trinajstić information content (AvgIpc) is 3.33. The summed E-state index contributed by atoms with van der Waals surface area (Å²) in [6.07, 6.45) is 2.09. The number of amides is 1. The van der Waals surface area contributed by atoms with Crippen LogP contribution in [0.3, 0.4) is 0 Å². The molecule has 2 aromatic rings. The molecule has 30 heavy (non-hydrogen) atoms. The number of hydrogen-bond donors (Lipinski definition) is 0. The number of ether oxygens (including phenoxy) is 1. The molecule has 1 unspecified atom stereocenters. The highest BCUT2D eigenvalue weighted by molar-refractivity contribution is 7.91. The van der Waals surface area contributed by atoms with Crippen LogP contribution in [0.4, 0.5) is 0 Å². The van der Waals surface area contributed by atoms with Gasteiger partial charge in [-0.2, -0.15) is 0 Å². The van der Waals surface area contributed by atoms with Crippen molar-refractivity contribution in [3.63, 3.8) is 0 Å². The van der Waals surface area contributed by atoms with E-state index in [1.165, 1.54) is 11.3 Å². The first-order valence-corrected chi connectivity index (χ1v) is 12.7. The number of carbonyl (C=O) groups is 2. The Morgan fingerprint density at radius 3 is 2.70 bits per heavy atom. The van der Waals surface area contributed by atoms with E-state index in [4.69, 9.17) is 4.74 Å². The second kappa shape index (κ2) is 10.2. The molecule has 1 atom stereocenters. The molecule has 1 aromatic carbocycles. The lowest BCUT2D eigenvalue weighted by Gasteiger charge is -2.28. The van der Waals surface area contributed by atoms with Crippen molar-refractivity contribution in [2.75, 3.05) is 24.7 Å². The van der Waals surface area contributed by atoms with Crippen molar-refractivity contribution in [3.8, 4) is 10.6 Å². The Morgan fingerprint density at radius 1 is 1.27 bits per heavy atom. The van der Waals surface area contributed by atoms with Gasteiger partial charge in [0.2, 0.25) is 0 Å². The zero-order chi connectivity index (χ0) is 21.6. The van der Waals surface area contributed by atoms with Gasteiger partial charge in [-0.3, -0.25) is 9.59 Å². The van der Waals surface area contributed by atoms with Crippen LogP contribution in [0.2, 0.25) is 0 Å². The highest BCUT2D eigenvalue weighted by Gasteiger charge is 2.34. The van der Waals surface area contributed by atoms with Gasteiger partial charge in [0.05, 0.1) is 23.6 Å². The predicted molar refractivity (Wildman–Crippen MR) is 116 cm³/mol. The van der Waals surface area contributed by atoms with Gasteiger partial charge in [0.25, 0.3) is 5.91 Å². The Morgan fingerprint density at radius 2 is 2.03 bits per heavy atom. The van der Waals surface area contributed by atoms with Crippen LogP contribution in [0.5, 0.6) is 0 Å². The molecule has 1 amide bonds. The normalized spacial score (nSPS) is 17.6. The van der Waals surface area contributed by atoms with Gasteiger partial charge in [0.15, 0.2) is 16.4 Å². The Hall–Kier alpha value is -2.26.